The first-order valence-electron chi connectivity index (χ1n) is 8.45. The molecule has 0 radical (unpaired) electrons. The minimum absolute atomic E-state index is 0.0612. The van der Waals surface area contributed by atoms with E-state index < -0.39 is 0 Å². The number of furan rings is 1. The number of amides is 1. The van der Waals surface area contributed by atoms with Crippen molar-refractivity contribution in [3.05, 3.63) is 78.3 Å². The van der Waals surface area contributed by atoms with Crippen LogP contribution in [-0.2, 0) is 6.54 Å². The average molecular weight is 332 g/mol. The molecule has 4 nitrogen and oxygen atoms in total. The maximum Gasteiger partial charge on any atom is 0.290 e. The summed E-state index contributed by atoms with van der Waals surface area (Å²) in [5.74, 6) is 0.349. The van der Waals surface area contributed by atoms with Crippen LogP contribution in [0, 0.1) is 0 Å². The SMILES string of the molecule is CN1CCN(C(=O)c2occc2-c2ccccc2)Cc2ccccc21. The molecule has 4 rings (SSSR count). The number of benzene rings is 2. The van der Waals surface area contributed by atoms with Crippen molar-refractivity contribution < 1.29 is 9.21 Å². The van der Waals surface area contributed by atoms with E-state index in [1.807, 2.05) is 53.4 Å². The molecular formula is C21H20N2O2. The van der Waals surface area contributed by atoms with Gasteiger partial charge < -0.3 is 14.2 Å². The van der Waals surface area contributed by atoms with Gasteiger partial charge in [0, 0.05) is 37.9 Å². The standard InChI is InChI=1S/C21H20N2O2/c1-22-12-13-23(15-17-9-5-6-10-19(17)22)21(24)20-18(11-14-25-20)16-7-3-2-4-8-16/h2-11,14H,12-13,15H2,1H3. The highest BCUT2D eigenvalue weighted by Crippen LogP contribution is 2.28. The molecule has 1 aromatic heterocycles. The van der Waals surface area contributed by atoms with E-state index in [1.165, 1.54) is 5.69 Å². The fourth-order valence-electron chi connectivity index (χ4n) is 3.33. The van der Waals surface area contributed by atoms with Crippen molar-refractivity contribution in [3.8, 4) is 11.1 Å². The molecule has 3 aromatic rings. The molecule has 1 aliphatic rings. The van der Waals surface area contributed by atoms with E-state index in [2.05, 4.69) is 24.1 Å². The van der Waals surface area contributed by atoms with Crippen LogP contribution in [0.2, 0.25) is 0 Å². The Labute approximate surface area is 147 Å². The Kier molecular flexibility index (Phi) is 4.02. The van der Waals surface area contributed by atoms with Gasteiger partial charge in [-0.25, -0.2) is 0 Å². The normalized spacial score (nSPS) is 14.1. The Hall–Kier alpha value is -3.01. The van der Waals surface area contributed by atoms with Crippen molar-refractivity contribution >= 4 is 11.6 Å². The van der Waals surface area contributed by atoms with Gasteiger partial charge in [0.05, 0.1) is 6.26 Å². The highest BCUT2D eigenvalue weighted by molar-refractivity contribution is 5.98. The number of likely N-dealkylation sites (N-methyl/N-ethyl adjacent to an activating group) is 1. The quantitative estimate of drug-likeness (QED) is 0.711. The summed E-state index contributed by atoms with van der Waals surface area (Å²) in [7, 11) is 2.06. The number of fused-ring (bicyclic) bond motifs is 1. The van der Waals surface area contributed by atoms with Crippen molar-refractivity contribution in [2.24, 2.45) is 0 Å². The van der Waals surface area contributed by atoms with Crippen molar-refractivity contribution in [1.29, 1.82) is 0 Å². The minimum atomic E-state index is -0.0612. The monoisotopic (exact) mass is 332 g/mol. The third kappa shape index (κ3) is 2.91. The molecule has 0 fully saturated rings. The molecule has 0 N–H and O–H groups in total. The number of hydrogen-bond acceptors (Lipinski definition) is 3. The zero-order valence-electron chi connectivity index (χ0n) is 14.2. The van der Waals surface area contributed by atoms with Gasteiger partial charge >= 0.3 is 0 Å². The minimum Gasteiger partial charge on any atom is -0.459 e. The zero-order chi connectivity index (χ0) is 17.2. The zero-order valence-corrected chi connectivity index (χ0v) is 14.2. The van der Waals surface area contributed by atoms with Crippen molar-refractivity contribution in [3.63, 3.8) is 0 Å². The van der Waals surface area contributed by atoms with Gasteiger partial charge in [-0.05, 0) is 23.3 Å². The number of anilines is 1. The van der Waals surface area contributed by atoms with E-state index in [1.54, 1.807) is 6.26 Å². The molecule has 1 amide bonds. The lowest BCUT2D eigenvalue weighted by Crippen LogP contribution is -2.34. The number of nitrogens with zero attached hydrogens (tertiary/aromatic N) is 2. The summed E-state index contributed by atoms with van der Waals surface area (Å²) in [5, 5.41) is 0. The second-order valence-electron chi connectivity index (χ2n) is 6.31. The lowest BCUT2D eigenvalue weighted by atomic mass is 10.1. The Morgan fingerprint density at radius 1 is 0.960 bits per heavy atom. The Morgan fingerprint density at radius 3 is 2.56 bits per heavy atom. The van der Waals surface area contributed by atoms with Gasteiger partial charge in [0.15, 0.2) is 5.76 Å². The molecule has 1 aliphatic heterocycles. The van der Waals surface area contributed by atoms with E-state index in [4.69, 9.17) is 4.42 Å². The molecule has 2 heterocycles. The molecule has 2 aromatic carbocycles. The topological polar surface area (TPSA) is 36.7 Å². The van der Waals surface area contributed by atoms with Gasteiger partial charge in [0.25, 0.3) is 5.91 Å². The van der Waals surface area contributed by atoms with E-state index in [0.717, 1.165) is 23.2 Å². The average Bonchev–Trinajstić information content (AvgIpc) is 3.08. The number of hydrogen-bond donors (Lipinski definition) is 0. The molecule has 0 saturated carbocycles. The van der Waals surface area contributed by atoms with Gasteiger partial charge in [-0.1, -0.05) is 48.5 Å². The molecule has 126 valence electrons. The first-order valence-corrected chi connectivity index (χ1v) is 8.45. The summed E-state index contributed by atoms with van der Waals surface area (Å²) in [4.78, 5) is 17.2. The van der Waals surface area contributed by atoms with Crippen LogP contribution in [-0.4, -0.2) is 30.9 Å². The molecule has 0 atom stereocenters. The fraction of sp³-hybridized carbons (Fsp3) is 0.190. The van der Waals surface area contributed by atoms with Crippen LogP contribution < -0.4 is 4.90 Å². The van der Waals surface area contributed by atoms with Crippen LogP contribution in [0.5, 0.6) is 0 Å². The Balaban J connectivity index is 1.66. The smallest absolute Gasteiger partial charge is 0.290 e. The van der Waals surface area contributed by atoms with E-state index in [0.29, 0.717) is 18.8 Å². The molecule has 0 unspecified atom stereocenters. The van der Waals surface area contributed by atoms with Gasteiger partial charge in [-0.15, -0.1) is 0 Å². The maximum absolute atomic E-state index is 13.1. The van der Waals surface area contributed by atoms with E-state index in [9.17, 15) is 4.79 Å². The summed E-state index contributed by atoms with van der Waals surface area (Å²) in [6.45, 7) is 2.05. The number of carbonyl (C=O) groups is 1. The summed E-state index contributed by atoms with van der Waals surface area (Å²) >= 11 is 0. The predicted octanol–water partition coefficient (Wildman–Crippen LogP) is 4.04. The summed E-state index contributed by atoms with van der Waals surface area (Å²) in [5.41, 5.74) is 4.17. The molecule has 0 aliphatic carbocycles. The summed E-state index contributed by atoms with van der Waals surface area (Å²) < 4.78 is 5.58. The van der Waals surface area contributed by atoms with Crippen LogP contribution in [0.15, 0.2) is 71.3 Å². The number of rotatable bonds is 2. The van der Waals surface area contributed by atoms with Crippen molar-refractivity contribution in [1.82, 2.24) is 4.90 Å². The third-order valence-corrected chi connectivity index (χ3v) is 4.70. The van der Waals surface area contributed by atoms with Gasteiger partial charge in [0.1, 0.15) is 0 Å². The predicted molar refractivity (Wildman–Crippen MR) is 98.6 cm³/mol. The highest BCUT2D eigenvalue weighted by Gasteiger charge is 2.26. The number of carbonyl (C=O) groups excluding carboxylic acids is 1. The first kappa shape index (κ1) is 15.5. The second kappa shape index (κ2) is 6.48. The number of para-hydroxylation sites is 1. The van der Waals surface area contributed by atoms with Crippen LogP contribution in [0.25, 0.3) is 11.1 Å². The molecular weight excluding hydrogens is 312 g/mol. The van der Waals surface area contributed by atoms with E-state index in [-0.39, 0.29) is 5.91 Å². The lowest BCUT2D eigenvalue weighted by molar-refractivity contribution is 0.0720. The maximum atomic E-state index is 13.1. The van der Waals surface area contributed by atoms with Crippen LogP contribution in [0.3, 0.4) is 0 Å². The summed E-state index contributed by atoms with van der Waals surface area (Å²) in [6, 6.07) is 20.0. The molecule has 0 bridgehead atoms. The van der Waals surface area contributed by atoms with Gasteiger partial charge in [-0.3, -0.25) is 4.79 Å². The molecule has 0 spiro atoms. The van der Waals surface area contributed by atoms with Crippen molar-refractivity contribution in [2.45, 2.75) is 6.54 Å². The third-order valence-electron chi connectivity index (χ3n) is 4.70. The Bertz CT molecular complexity index is 886. The second-order valence-corrected chi connectivity index (χ2v) is 6.31. The van der Waals surface area contributed by atoms with E-state index >= 15 is 0 Å². The first-order chi connectivity index (χ1) is 12.2. The fourth-order valence-corrected chi connectivity index (χ4v) is 3.33. The van der Waals surface area contributed by atoms with Gasteiger partial charge in [0.2, 0.25) is 0 Å². The van der Waals surface area contributed by atoms with Crippen LogP contribution in [0.4, 0.5) is 5.69 Å². The highest BCUT2D eigenvalue weighted by atomic mass is 16.3. The summed E-state index contributed by atoms with van der Waals surface area (Å²) in [6.07, 6.45) is 1.59. The van der Waals surface area contributed by atoms with Gasteiger partial charge in [-0.2, -0.15) is 0 Å². The molecule has 0 saturated heterocycles. The largest absolute Gasteiger partial charge is 0.459 e. The van der Waals surface area contributed by atoms with Crippen LogP contribution in [0.1, 0.15) is 16.1 Å². The lowest BCUT2D eigenvalue weighted by Gasteiger charge is -2.20. The molecule has 25 heavy (non-hydrogen) atoms. The molecule has 4 heteroatoms. The Morgan fingerprint density at radius 2 is 1.72 bits per heavy atom. The van der Waals surface area contributed by atoms with Crippen LogP contribution >= 0.6 is 0 Å². The van der Waals surface area contributed by atoms with Crippen molar-refractivity contribution in [2.75, 3.05) is 25.0 Å².